The predicted octanol–water partition coefficient (Wildman–Crippen LogP) is 3.54. The number of nitrogens with one attached hydrogen (secondary N) is 1. The lowest BCUT2D eigenvalue weighted by Gasteiger charge is -2.08. The number of hydrogen-bond donors (Lipinski definition) is 2. The average Bonchev–Trinajstić information content (AvgIpc) is 2.66. The minimum Gasteiger partial charge on any atom is -0.465 e. The molecule has 0 saturated heterocycles. The number of hydrogen-bond acceptors (Lipinski definition) is 3. The van der Waals surface area contributed by atoms with E-state index in [0.29, 0.717) is 6.54 Å². The molecule has 0 bridgehead atoms. The number of halogens is 1. The van der Waals surface area contributed by atoms with E-state index in [-0.39, 0.29) is 0 Å². The van der Waals surface area contributed by atoms with Gasteiger partial charge < -0.3 is 15.5 Å². The first-order chi connectivity index (χ1) is 7.65. The van der Waals surface area contributed by atoms with Crippen molar-refractivity contribution in [2.45, 2.75) is 13.5 Å². The van der Waals surface area contributed by atoms with Crippen molar-refractivity contribution >= 4 is 27.3 Å². The van der Waals surface area contributed by atoms with Gasteiger partial charge in [0.2, 0.25) is 0 Å². The molecule has 2 rings (SSSR count). The molecule has 0 atom stereocenters. The van der Waals surface area contributed by atoms with Crippen molar-refractivity contribution in [3.63, 3.8) is 0 Å². The van der Waals surface area contributed by atoms with Gasteiger partial charge in [0, 0.05) is 4.47 Å². The molecule has 1 aromatic carbocycles. The van der Waals surface area contributed by atoms with Crippen molar-refractivity contribution in [3.8, 4) is 0 Å². The van der Waals surface area contributed by atoms with Crippen LogP contribution < -0.4 is 11.1 Å². The number of nitrogens with two attached hydrogens (primary N) is 1. The van der Waals surface area contributed by atoms with Crippen LogP contribution in [0.4, 0.5) is 11.4 Å². The summed E-state index contributed by atoms with van der Waals surface area (Å²) in [6.07, 6.45) is 0. The van der Waals surface area contributed by atoms with E-state index < -0.39 is 0 Å². The third kappa shape index (κ3) is 2.58. The highest BCUT2D eigenvalue weighted by Crippen LogP contribution is 2.23. The van der Waals surface area contributed by atoms with E-state index in [1.165, 1.54) is 0 Å². The third-order valence-corrected chi connectivity index (χ3v) is 2.76. The fourth-order valence-electron chi connectivity index (χ4n) is 1.44. The molecule has 0 fully saturated rings. The van der Waals surface area contributed by atoms with Crippen LogP contribution in [0.25, 0.3) is 0 Å². The van der Waals surface area contributed by atoms with E-state index in [1.54, 1.807) is 0 Å². The second-order valence-electron chi connectivity index (χ2n) is 3.60. The summed E-state index contributed by atoms with van der Waals surface area (Å²) in [5, 5.41) is 3.23. The van der Waals surface area contributed by atoms with Crippen molar-refractivity contribution < 1.29 is 4.42 Å². The Morgan fingerprint density at radius 3 is 2.81 bits per heavy atom. The molecule has 84 valence electrons. The van der Waals surface area contributed by atoms with Crippen LogP contribution in [0, 0.1) is 6.92 Å². The van der Waals surface area contributed by atoms with Crippen LogP contribution in [0.15, 0.2) is 39.2 Å². The molecule has 0 aliphatic carbocycles. The number of nitrogen functional groups attached to an aromatic ring is 1. The fourth-order valence-corrected chi connectivity index (χ4v) is 1.81. The average molecular weight is 281 g/mol. The quantitative estimate of drug-likeness (QED) is 0.846. The lowest BCUT2D eigenvalue weighted by molar-refractivity contribution is 0.490. The molecule has 3 N–H and O–H groups in total. The van der Waals surface area contributed by atoms with Gasteiger partial charge in [-0.05, 0) is 37.3 Å². The summed E-state index contributed by atoms with van der Waals surface area (Å²) < 4.78 is 6.46. The maximum atomic E-state index is 5.84. The Labute approximate surface area is 103 Å². The molecule has 0 unspecified atom stereocenters. The van der Waals surface area contributed by atoms with Gasteiger partial charge in [-0.3, -0.25) is 0 Å². The summed E-state index contributed by atoms with van der Waals surface area (Å²) in [7, 11) is 0. The standard InChI is InChI=1S/C12H13BrN2O/c1-8-2-4-10(16-8)7-15-12-6-9(13)3-5-11(12)14/h2-6,15H,7,14H2,1H3. The van der Waals surface area contributed by atoms with Crippen LogP contribution in [0.5, 0.6) is 0 Å². The summed E-state index contributed by atoms with van der Waals surface area (Å²) in [5.41, 5.74) is 7.48. The van der Waals surface area contributed by atoms with Crippen LogP contribution in [0.3, 0.4) is 0 Å². The zero-order valence-electron chi connectivity index (χ0n) is 8.96. The number of benzene rings is 1. The van der Waals surface area contributed by atoms with Crippen molar-refractivity contribution in [1.29, 1.82) is 0 Å². The maximum Gasteiger partial charge on any atom is 0.123 e. The van der Waals surface area contributed by atoms with E-state index in [9.17, 15) is 0 Å². The number of furan rings is 1. The van der Waals surface area contributed by atoms with Gasteiger partial charge in [0.25, 0.3) is 0 Å². The normalized spacial score (nSPS) is 10.4. The third-order valence-electron chi connectivity index (χ3n) is 2.26. The Bertz CT molecular complexity index is 494. The number of anilines is 2. The van der Waals surface area contributed by atoms with Gasteiger partial charge in [0.05, 0.1) is 17.9 Å². The van der Waals surface area contributed by atoms with E-state index in [1.807, 2.05) is 37.3 Å². The Kier molecular flexibility index (Phi) is 3.19. The van der Waals surface area contributed by atoms with Crippen molar-refractivity contribution in [1.82, 2.24) is 0 Å². The maximum absolute atomic E-state index is 5.84. The molecule has 0 aliphatic heterocycles. The summed E-state index contributed by atoms with van der Waals surface area (Å²) in [6.45, 7) is 2.56. The largest absolute Gasteiger partial charge is 0.465 e. The first-order valence-corrected chi connectivity index (χ1v) is 5.78. The van der Waals surface area contributed by atoms with Crippen molar-refractivity contribution in [2.24, 2.45) is 0 Å². The van der Waals surface area contributed by atoms with Crippen LogP contribution in [0.1, 0.15) is 11.5 Å². The number of rotatable bonds is 3. The summed E-state index contributed by atoms with van der Waals surface area (Å²) in [6, 6.07) is 9.63. The van der Waals surface area contributed by atoms with Crippen LogP contribution >= 0.6 is 15.9 Å². The fraction of sp³-hybridized carbons (Fsp3) is 0.167. The summed E-state index contributed by atoms with van der Waals surface area (Å²) in [5.74, 6) is 1.82. The van der Waals surface area contributed by atoms with Crippen molar-refractivity contribution in [2.75, 3.05) is 11.1 Å². The van der Waals surface area contributed by atoms with Gasteiger partial charge >= 0.3 is 0 Å². The van der Waals surface area contributed by atoms with Gasteiger partial charge in [-0.2, -0.15) is 0 Å². The lowest BCUT2D eigenvalue weighted by Crippen LogP contribution is -2.01. The van der Waals surface area contributed by atoms with Gasteiger partial charge in [0.15, 0.2) is 0 Å². The SMILES string of the molecule is Cc1ccc(CNc2cc(Br)ccc2N)o1. The topological polar surface area (TPSA) is 51.2 Å². The molecule has 0 saturated carbocycles. The molecule has 0 spiro atoms. The summed E-state index contributed by atoms with van der Waals surface area (Å²) >= 11 is 3.41. The predicted molar refractivity (Wildman–Crippen MR) is 69.3 cm³/mol. The van der Waals surface area contributed by atoms with Crippen LogP contribution in [-0.2, 0) is 6.54 Å². The smallest absolute Gasteiger partial charge is 0.123 e. The Morgan fingerprint density at radius 2 is 2.12 bits per heavy atom. The Balaban J connectivity index is 2.07. The molecule has 0 radical (unpaired) electrons. The van der Waals surface area contributed by atoms with E-state index in [0.717, 1.165) is 27.4 Å². The molecule has 0 aliphatic rings. The van der Waals surface area contributed by atoms with Crippen molar-refractivity contribution in [3.05, 3.63) is 46.3 Å². The molecule has 4 heteroatoms. The molecule has 1 aromatic heterocycles. The zero-order valence-corrected chi connectivity index (χ0v) is 10.5. The van der Waals surface area contributed by atoms with Crippen LogP contribution in [0.2, 0.25) is 0 Å². The van der Waals surface area contributed by atoms with Gasteiger partial charge in [-0.15, -0.1) is 0 Å². The molecule has 0 amide bonds. The van der Waals surface area contributed by atoms with Gasteiger partial charge in [-0.25, -0.2) is 0 Å². The first-order valence-electron chi connectivity index (χ1n) is 4.99. The molecule has 3 nitrogen and oxygen atoms in total. The lowest BCUT2D eigenvalue weighted by atomic mass is 10.2. The first kappa shape index (κ1) is 11.1. The molecule has 16 heavy (non-hydrogen) atoms. The van der Waals surface area contributed by atoms with Crippen LogP contribution in [-0.4, -0.2) is 0 Å². The minimum atomic E-state index is 0.633. The monoisotopic (exact) mass is 280 g/mol. The second-order valence-corrected chi connectivity index (χ2v) is 4.51. The molecular weight excluding hydrogens is 268 g/mol. The highest BCUT2D eigenvalue weighted by Gasteiger charge is 2.02. The number of aryl methyl sites for hydroxylation is 1. The van der Waals surface area contributed by atoms with E-state index >= 15 is 0 Å². The van der Waals surface area contributed by atoms with E-state index in [2.05, 4.69) is 21.2 Å². The van der Waals surface area contributed by atoms with Gasteiger partial charge in [0.1, 0.15) is 11.5 Å². The highest BCUT2D eigenvalue weighted by atomic mass is 79.9. The summed E-state index contributed by atoms with van der Waals surface area (Å²) in [4.78, 5) is 0. The van der Waals surface area contributed by atoms with Gasteiger partial charge in [-0.1, -0.05) is 15.9 Å². The second kappa shape index (κ2) is 4.61. The zero-order chi connectivity index (χ0) is 11.5. The molecule has 1 heterocycles. The van der Waals surface area contributed by atoms with E-state index in [4.69, 9.17) is 10.2 Å². The Hall–Kier alpha value is -1.42. The highest BCUT2D eigenvalue weighted by molar-refractivity contribution is 9.10. The molecule has 2 aromatic rings. The minimum absolute atomic E-state index is 0.633. The molecular formula is C12H13BrN2O. The Morgan fingerprint density at radius 1 is 1.31 bits per heavy atom.